The second-order valence-electron chi connectivity index (χ2n) is 5.52. The largest absolute Gasteiger partial charge is 0.361 e. The number of hydrogen-bond acceptors (Lipinski definition) is 4. The summed E-state index contributed by atoms with van der Waals surface area (Å²) in [7, 11) is -3.73. The molecule has 0 bridgehead atoms. The van der Waals surface area contributed by atoms with E-state index in [1.54, 1.807) is 49.4 Å². The van der Waals surface area contributed by atoms with Crippen LogP contribution in [0, 0.1) is 0 Å². The molecule has 1 atom stereocenters. The molecule has 0 saturated carbocycles. The third kappa shape index (κ3) is 4.57. The molecule has 1 N–H and O–H groups in total. The minimum Gasteiger partial charge on any atom is -0.361 e. The van der Waals surface area contributed by atoms with Gasteiger partial charge in [0.1, 0.15) is 6.23 Å². The van der Waals surface area contributed by atoms with Gasteiger partial charge in [-0.25, -0.2) is 8.42 Å². The Kier molecular flexibility index (Phi) is 6.68. The predicted octanol–water partition coefficient (Wildman–Crippen LogP) is 2.60. The Morgan fingerprint density at radius 3 is 2.73 bits per heavy atom. The lowest BCUT2D eigenvalue weighted by molar-refractivity contribution is 0.0846. The van der Waals surface area contributed by atoms with Gasteiger partial charge in [0.25, 0.3) is 5.91 Å². The van der Waals surface area contributed by atoms with Crippen LogP contribution in [0.5, 0.6) is 0 Å². The highest BCUT2D eigenvalue weighted by atomic mass is 32.2. The molecule has 1 heterocycles. The summed E-state index contributed by atoms with van der Waals surface area (Å²) in [6.07, 6.45) is 7.56. The van der Waals surface area contributed by atoms with Crippen molar-refractivity contribution in [2.24, 2.45) is 0 Å². The Hall–Kier alpha value is -2.48. The van der Waals surface area contributed by atoms with E-state index >= 15 is 0 Å². The topological polar surface area (TPSA) is 75.7 Å². The van der Waals surface area contributed by atoms with Crippen molar-refractivity contribution in [1.82, 2.24) is 9.62 Å². The van der Waals surface area contributed by atoms with Crippen LogP contribution >= 0.6 is 0 Å². The van der Waals surface area contributed by atoms with E-state index in [1.165, 1.54) is 16.4 Å². The highest BCUT2D eigenvalue weighted by Gasteiger charge is 2.33. The number of carbonyl (C=O) groups is 1. The van der Waals surface area contributed by atoms with E-state index < -0.39 is 22.2 Å². The number of nitrogens with zero attached hydrogens (tertiary/aromatic N) is 1. The van der Waals surface area contributed by atoms with Gasteiger partial charge < -0.3 is 10.1 Å². The number of hydrogen-bond donors (Lipinski definition) is 1. The van der Waals surface area contributed by atoms with Crippen molar-refractivity contribution in [3.8, 4) is 0 Å². The molecule has 1 fully saturated rings. The first-order chi connectivity index (χ1) is 12.4. The zero-order valence-electron chi connectivity index (χ0n) is 14.6. The van der Waals surface area contributed by atoms with Gasteiger partial charge in [0, 0.05) is 17.8 Å². The molecule has 0 spiro atoms. The van der Waals surface area contributed by atoms with Crippen molar-refractivity contribution in [2.75, 3.05) is 13.2 Å². The minimum atomic E-state index is -3.73. The number of benzene rings is 1. The smallest absolute Gasteiger partial charge is 0.255 e. The average molecular weight is 374 g/mol. The summed E-state index contributed by atoms with van der Waals surface area (Å²) in [5.74, 6) is -0.422. The van der Waals surface area contributed by atoms with Crippen molar-refractivity contribution in [1.29, 1.82) is 0 Å². The maximum atomic E-state index is 12.8. The Labute approximate surface area is 154 Å². The Morgan fingerprint density at radius 1 is 1.35 bits per heavy atom. The molecule has 2 rings (SSSR count). The molecule has 1 saturated heterocycles. The standard InChI is InChI=1S/C19H22N2O4S/c1-4-6-10-17(8-5-2)20-19(22)16-9-7-11-18(14-16)26(23,24)21-12-13-25-15(21)3/h4-11,14-15H,1-2,12-13H2,3H3,(H,20,22)/b10-6-,17-8+. The number of carbonyl (C=O) groups excluding carboxylic acids is 1. The average Bonchev–Trinajstić information content (AvgIpc) is 3.06. The van der Waals surface area contributed by atoms with E-state index in [1.807, 2.05) is 0 Å². The van der Waals surface area contributed by atoms with E-state index in [0.717, 1.165) is 0 Å². The third-order valence-electron chi connectivity index (χ3n) is 3.75. The van der Waals surface area contributed by atoms with Crippen LogP contribution in [-0.4, -0.2) is 38.0 Å². The van der Waals surface area contributed by atoms with Crippen LogP contribution in [0.25, 0.3) is 0 Å². The van der Waals surface area contributed by atoms with Crippen LogP contribution in [0.1, 0.15) is 17.3 Å². The van der Waals surface area contributed by atoms with Crippen LogP contribution in [0.3, 0.4) is 0 Å². The molecule has 1 aliphatic rings. The zero-order valence-corrected chi connectivity index (χ0v) is 15.4. The van der Waals surface area contributed by atoms with Gasteiger partial charge in [-0.1, -0.05) is 37.5 Å². The van der Waals surface area contributed by atoms with E-state index in [-0.39, 0.29) is 10.5 Å². The summed E-state index contributed by atoms with van der Waals surface area (Å²) >= 11 is 0. The monoisotopic (exact) mass is 374 g/mol. The van der Waals surface area contributed by atoms with Crippen molar-refractivity contribution in [3.63, 3.8) is 0 Å². The van der Waals surface area contributed by atoms with Crippen molar-refractivity contribution >= 4 is 15.9 Å². The Morgan fingerprint density at radius 2 is 2.12 bits per heavy atom. The first kappa shape index (κ1) is 19.8. The molecular weight excluding hydrogens is 352 g/mol. The van der Waals surface area contributed by atoms with Gasteiger partial charge in [-0.05, 0) is 37.3 Å². The van der Waals surface area contributed by atoms with Crippen molar-refractivity contribution < 1.29 is 17.9 Å². The van der Waals surface area contributed by atoms with Gasteiger partial charge in [0.15, 0.2) is 0 Å². The summed E-state index contributed by atoms with van der Waals surface area (Å²) in [5, 5.41) is 2.71. The maximum Gasteiger partial charge on any atom is 0.255 e. The summed E-state index contributed by atoms with van der Waals surface area (Å²) in [6, 6.07) is 5.93. The van der Waals surface area contributed by atoms with Crippen LogP contribution in [0.2, 0.25) is 0 Å². The molecule has 138 valence electrons. The summed E-state index contributed by atoms with van der Waals surface area (Å²) in [5.41, 5.74) is 0.750. The summed E-state index contributed by atoms with van der Waals surface area (Å²) in [6.45, 7) is 9.50. The fourth-order valence-electron chi connectivity index (χ4n) is 2.47. The van der Waals surface area contributed by atoms with Crippen LogP contribution in [-0.2, 0) is 14.8 Å². The number of rotatable bonds is 7. The van der Waals surface area contributed by atoms with Gasteiger partial charge in [-0.2, -0.15) is 4.31 Å². The molecule has 0 aliphatic carbocycles. The second kappa shape index (κ2) is 8.75. The highest BCUT2D eigenvalue weighted by molar-refractivity contribution is 7.89. The lowest BCUT2D eigenvalue weighted by Gasteiger charge is -2.19. The fraction of sp³-hybridized carbons (Fsp3) is 0.211. The summed E-state index contributed by atoms with van der Waals surface area (Å²) in [4.78, 5) is 12.5. The Bertz CT molecular complexity index is 856. The Balaban J connectivity index is 2.27. The first-order valence-electron chi connectivity index (χ1n) is 8.07. The molecule has 7 heteroatoms. The highest BCUT2D eigenvalue weighted by Crippen LogP contribution is 2.22. The number of sulfonamides is 1. The molecule has 0 aromatic heterocycles. The number of amides is 1. The lowest BCUT2D eigenvalue weighted by atomic mass is 10.2. The first-order valence-corrected chi connectivity index (χ1v) is 9.51. The zero-order chi connectivity index (χ0) is 19.2. The molecular formula is C19H22N2O4S. The molecule has 1 aromatic carbocycles. The van der Waals surface area contributed by atoms with Crippen LogP contribution in [0.15, 0.2) is 78.4 Å². The second-order valence-corrected chi connectivity index (χ2v) is 7.41. The molecule has 0 radical (unpaired) electrons. The normalized spacial score (nSPS) is 18.8. The van der Waals surface area contributed by atoms with Gasteiger partial charge in [-0.15, -0.1) is 0 Å². The lowest BCUT2D eigenvalue weighted by Crippen LogP contribution is -2.34. The molecule has 1 amide bonds. The summed E-state index contributed by atoms with van der Waals surface area (Å²) < 4.78 is 32.1. The number of nitrogens with one attached hydrogen (secondary N) is 1. The van der Waals surface area contributed by atoms with Gasteiger partial charge in [0.05, 0.1) is 11.5 Å². The van der Waals surface area contributed by atoms with Gasteiger partial charge in [0.2, 0.25) is 10.0 Å². The van der Waals surface area contributed by atoms with E-state index in [9.17, 15) is 13.2 Å². The molecule has 1 aromatic rings. The number of ether oxygens (including phenoxy) is 1. The molecule has 1 unspecified atom stereocenters. The van der Waals surface area contributed by atoms with Crippen molar-refractivity contribution in [2.45, 2.75) is 18.0 Å². The maximum absolute atomic E-state index is 12.8. The molecule has 6 nitrogen and oxygen atoms in total. The fourth-order valence-corrected chi connectivity index (χ4v) is 4.03. The van der Waals surface area contributed by atoms with Crippen molar-refractivity contribution in [3.05, 3.63) is 79.1 Å². The molecule has 1 aliphatic heterocycles. The predicted molar refractivity (Wildman–Crippen MR) is 101 cm³/mol. The quantitative estimate of drug-likeness (QED) is 0.745. The van der Waals surface area contributed by atoms with E-state index in [0.29, 0.717) is 18.8 Å². The van der Waals surface area contributed by atoms with Crippen LogP contribution < -0.4 is 5.32 Å². The third-order valence-corrected chi connectivity index (χ3v) is 5.69. The van der Waals surface area contributed by atoms with Gasteiger partial charge in [-0.3, -0.25) is 4.79 Å². The van der Waals surface area contributed by atoms with Gasteiger partial charge >= 0.3 is 0 Å². The van der Waals surface area contributed by atoms with Crippen LogP contribution in [0.4, 0.5) is 0 Å². The number of allylic oxidation sites excluding steroid dienone is 5. The molecule has 26 heavy (non-hydrogen) atoms. The minimum absolute atomic E-state index is 0.0541. The van der Waals surface area contributed by atoms with E-state index in [4.69, 9.17) is 4.74 Å². The SMILES string of the molecule is C=C/C=C\C(=C/C=C)NC(=O)c1cccc(S(=O)(=O)N2CCOC2C)c1. The van der Waals surface area contributed by atoms with E-state index in [2.05, 4.69) is 18.5 Å².